The lowest BCUT2D eigenvalue weighted by atomic mass is 9.75. The van der Waals surface area contributed by atoms with Crippen molar-refractivity contribution in [3.8, 4) is 0 Å². The van der Waals surface area contributed by atoms with Crippen LogP contribution in [0.25, 0.3) is 0 Å². The SMILES string of the molecule is CCC1(NC(=O)Nc2sccc2C(=O)O)CCC1. The second-order valence-electron chi connectivity index (χ2n) is 4.54. The van der Waals surface area contributed by atoms with E-state index >= 15 is 0 Å². The van der Waals surface area contributed by atoms with Crippen LogP contribution >= 0.6 is 11.3 Å². The van der Waals surface area contributed by atoms with Gasteiger partial charge >= 0.3 is 12.0 Å². The van der Waals surface area contributed by atoms with E-state index in [-0.39, 0.29) is 17.1 Å². The molecule has 1 aliphatic rings. The van der Waals surface area contributed by atoms with Gasteiger partial charge in [-0.2, -0.15) is 0 Å². The van der Waals surface area contributed by atoms with Gasteiger partial charge in [-0.05, 0) is 37.1 Å². The summed E-state index contributed by atoms with van der Waals surface area (Å²) in [6.45, 7) is 2.05. The van der Waals surface area contributed by atoms with Crippen molar-refractivity contribution in [1.82, 2.24) is 5.32 Å². The summed E-state index contributed by atoms with van der Waals surface area (Å²) in [5.41, 5.74) is 0.0411. The van der Waals surface area contributed by atoms with E-state index < -0.39 is 5.97 Å². The fourth-order valence-electron chi connectivity index (χ4n) is 2.12. The first kappa shape index (κ1) is 12.9. The van der Waals surface area contributed by atoms with Crippen LogP contribution in [0, 0.1) is 0 Å². The fraction of sp³-hybridized carbons (Fsp3) is 0.500. The number of hydrogen-bond donors (Lipinski definition) is 3. The average Bonchev–Trinajstić information content (AvgIpc) is 2.71. The molecule has 0 atom stereocenters. The minimum absolute atomic E-state index is 0.0925. The molecule has 1 fully saturated rings. The summed E-state index contributed by atoms with van der Waals surface area (Å²) in [6.07, 6.45) is 4.02. The number of carbonyl (C=O) groups excluding carboxylic acids is 1. The molecule has 0 bridgehead atoms. The molecule has 1 aromatic rings. The Kier molecular flexibility index (Phi) is 3.56. The molecule has 1 heterocycles. The van der Waals surface area contributed by atoms with Gasteiger partial charge in [0.05, 0.1) is 5.56 Å². The molecule has 5 nitrogen and oxygen atoms in total. The van der Waals surface area contributed by atoms with Crippen LogP contribution in [0.15, 0.2) is 11.4 Å². The third-order valence-electron chi connectivity index (χ3n) is 3.49. The minimum Gasteiger partial charge on any atom is -0.478 e. The standard InChI is InChI=1S/C12H16N2O3S/c1-2-12(5-3-6-12)14-11(17)13-9-8(10(15)16)4-7-18-9/h4,7H,2-3,5-6H2,1H3,(H,15,16)(H2,13,14,17). The largest absolute Gasteiger partial charge is 0.478 e. The Bertz CT molecular complexity index is 460. The maximum absolute atomic E-state index is 11.8. The fourth-order valence-corrected chi connectivity index (χ4v) is 2.89. The Labute approximate surface area is 109 Å². The number of nitrogens with one attached hydrogen (secondary N) is 2. The van der Waals surface area contributed by atoms with Crippen LogP contribution in [0.4, 0.5) is 9.80 Å². The van der Waals surface area contributed by atoms with Crippen LogP contribution < -0.4 is 10.6 Å². The molecular weight excluding hydrogens is 252 g/mol. The summed E-state index contributed by atoms with van der Waals surface area (Å²) < 4.78 is 0. The van der Waals surface area contributed by atoms with Gasteiger partial charge in [0.15, 0.2) is 0 Å². The Morgan fingerprint density at radius 1 is 1.50 bits per heavy atom. The maximum atomic E-state index is 11.8. The molecule has 3 N–H and O–H groups in total. The van der Waals surface area contributed by atoms with E-state index in [2.05, 4.69) is 10.6 Å². The van der Waals surface area contributed by atoms with Crippen LogP contribution in [0.5, 0.6) is 0 Å². The van der Waals surface area contributed by atoms with Gasteiger partial charge in [-0.1, -0.05) is 6.92 Å². The number of amides is 2. The lowest BCUT2D eigenvalue weighted by molar-refractivity contribution is 0.0698. The monoisotopic (exact) mass is 268 g/mol. The van der Waals surface area contributed by atoms with Crippen molar-refractivity contribution < 1.29 is 14.7 Å². The van der Waals surface area contributed by atoms with Crippen molar-refractivity contribution in [2.75, 3.05) is 5.32 Å². The molecule has 1 aromatic heterocycles. The molecule has 0 aliphatic heterocycles. The number of thiophene rings is 1. The van der Waals surface area contributed by atoms with Gasteiger partial charge in [-0.3, -0.25) is 5.32 Å². The third kappa shape index (κ3) is 2.48. The average molecular weight is 268 g/mol. The Morgan fingerprint density at radius 2 is 2.22 bits per heavy atom. The topological polar surface area (TPSA) is 78.4 Å². The highest BCUT2D eigenvalue weighted by atomic mass is 32.1. The van der Waals surface area contributed by atoms with Gasteiger partial charge in [0.25, 0.3) is 0 Å². The Morgan fingerprint density at radius 3 is 2.72 bits per heavy atom. The van der Waals surface area contributed by atoms with Crippen molar-refractivity contribution in [2.45, 2.75) is 38.1 Å². The van der Waals surface area contributed by atoms with Crippen molar-refractivity contribution in [3.63, 3.8) is 0 Å². The zero-order valence-corrected chi connectivity index (χ0v) is 11.0. The van der Waals surface area contributed by atoms with Crippen LogP contribution in [0.3, 0.4) is 0 Å². The Hall–Kier alpha value is -1.56. The summed E-state index contributed by atoms with van der Waals surface area (Å²) in [4.78, 5) is 22.8. The highest BCUT2D eigenvalue weighted by molar-refractivity contribution is 7.14. The number of anilines is 1. The normalized spacial score (nSPS) is 16.7. The lowest BCUT2D eigenvalue weighted by Crippen LogP contribution is -2.54. The van der Waals surface area contributed by atoms with Crippen LogP contribution in [-0.2, 0) is 0 Å². The first-order chi connectivity index (χ1) is 8.56. The number of aromatic carboxylic acids is 1. The number of carboxylic acids is 1. The predicted molar refractivity (Wildman–Crippen MR) is 70.3 cm³/mol. The number of rotatable bonds is 4. The smallest absolute Gasteiger partial charge is 0.338 e. The number of hydrogen-bond acceptors (Lipinski definition) is 3. The molecule has 2 amide bonds. The van der Waals surface area contributed by atoms with Crippen LogP contribution in [0.2, 0.25) is 0 Å². The van der Waals surface area contributed by atoms with E-state index in [1.54, 1.807) is 5.38 Å². The second kappa shape index (κ2) is 4.97. The van der Waals surface area contributed by atoms with Crippen molar-refractivity contribution in [1.29, 1.82) is 0 Å². The molecule has 0 spiro atoms. The van der Waals surface area contributed by atoms with E-state index in [4.69, 9.17) is 5.11 Å². The van der Waals surface area contributed by atoms with E-state index in [1.807, 2.05) is 6.92 Å². The summed E-state index contributed by atoms with van der Waals surface area (Å²) in [6, 6.07) is 1.17. The van der Waals surface area contributed by atoms with Gasteiger partial charge < -0.3 is 10.4 Å². The molecule has 98 valence electrons. The van der Waals surface area contributed by atoms with Gasteiger partial charge in [0.1, 0.15) is 5.00 Å². The molecule has 1 saturated carbocycles. The molecule has 6 heteroatoms. The van der Waals surface area contributed by atoms with Crippen LogP contribution in [-0.4, -0.2) is 22.6 Å². The van der Waals surface area contributed by atoms with Crippen LogP contribution in [0.1, 0.15) is 43.0 Å². The predicted octanol–water partition coefficient (Wildman–Crippen LogP) is 2.90. The molecule has 0 radical (unpaired) electrons. The summed E-state index contributed by atoms with van der Waals surface area (Å²) in [5, 5.41) is 16.5. The van der Waals surface area contributed by atoms with Gasteiger partial charge in [0.2, 0.25) is 0 Å². The number of carbonyl (C=O) groups is 2. The van der Waals surface area contributed by atoms with E-state index in [0.717, 1.165) is 25.7 Å². The van der Waals surface area contributed by atoms with Crippen molar-refractivity contribution in [2.24, 2.45) is 0 Å². The first-order valence-corrected chi connectivity index (χ1v) is 6.84. The lowest BCUT2D eigenvalue weighted by Gasteiger charge is -2.41. The van der Waals surface area contributed by atoms with Crippen molar-refractivity contribution in [3.05, 3.63) is 17.0 Å². The van der Waals surface area contributed by atoms with Gasteiger partial charge in [0, 0.05) is 5.54 Å². The summed E-state index contributed by atoms with van der Waals surface area (Å²) in [7, 11) is 0. The molecular formula is C12H16N2O3S. The highest BCUT2D eigenvalue weighted by Gasteiger charge is 2.36. The number of urea groups is 1. The minimum atomic E-state index is -1.03. The van der Waals surface area contributed by atoms with Gasteiger partial charge in [-0.25, -0.2) is 9.59 Å². The first-order valence-electron chi connectivity index (χ1n) is 5.96. The molecule has 1 aliphatic carbocycles. The quantitative estimate of drug-likeness (QED) is 0.785. The molecule has 0 saturated heterocycles. The van der Waals surface area contributed by atoms with E-state index in [0.29, 0.717) is 5.00 Å². The van der Waals surface area contributed by atoms with E-state index in [9.17, 15) is 9.59 Å². The third-order valence-corrected chi connectivity index (χ3v) is 4.32. The molecule has 2 rings (SSSR count). The second-order valence-corrected chi connectivity index (χ2v) is 5.45. The summed E-state index contributed by atoms with van der Waals surface area (Å²) >= 11 is 1.21. The van der Waals surface area contributed by atoms with Crippen molar-refractivity contribution >= 4 is 28.3 Å². The number of carboxylic acid groups (broad SMARTS) is 1. The molecule has 0 unspecified atom stereocenters. The zero-order chi connectivity index (χ0) is 13.2. The molecule has 18 heavy (non-hydrogen) atoms. The van der Waals surface area contributed by atoms with E-state index in [1.165, 1.54) is 17.4 Å². The summed E-state index contributed by atoms with van der Waals surface area (Å²) in [5.74, 6) is -1.03. The maximum Gasteiger partial charge on any atom is 0.338 e. The molecule has 0 aromatic carbocycles. The van der Waals surface area contributed by atoms with Gasteiger partial charge in [-0.15, -0.1) is 11.3 Å². The zero-order valence-electron chi connectivity index (χ0n) is 10.2. The highest BCUT2D eigenvalue weighted by Crippen LogP contribution is 2.34. The Balaban J connectivity index is 1.99.